The summed E-state index contributed by atoms with van der Waals surface area (Å²) in [7, 11) is -2.90. The smallest absolute Gasteiger partial charge is 0.344 e. The van der Waals surface area contributed by atoms with Crippen LogP contribution in [0.1, 0.15) is 18.1 Å². The summed E-state index contributed by atoms with van der Waals surface area (Å²) in [6.45, 7) is 4.63. The maximum Gasteiger partial charge on any atom is 0.344 e. The average molecular weight is 365 g/mol. The summed E-state index contributed by atoms with van der Waals surface area (Å²) in [6.07, 6.45) is 1.06. The topological polar surface area (TPSA) is 105 Å². The van der Waals surface area contributed by atoms with E-state index in [0.29, 0.717) is 9.99 Å². The third-order valence-corrected chi connectivity index (χ3v) is 5.13. The first-order valence-corrected chi connectivity index (χ1v) is 8.80. The van der Waals surface area contributed by atoms with Crippen molar-refractivity contribution in [2.45, 2.75) is 20.8 Å². The van der Waals surface area contributed by atoms with Gasteiger partial charge in [0.2, 0.25) is 5.91 Å². The van der Waals surface area contributed by atoms with E-state index in [1.807, 2.05) is 19.9 Å². The average Bonchev–Trinajstić information content (AvgIpc) is 2.53. The third-order valence-electron chi connectivity index (χ3n) is 3.79. The normalized spacial score (nSPS) is 15.9. The number of ether oxygens (including phenoxy) is 1. The number of aryl methyl sites for hydroxylation is 1. The Morgan fingerprint density at radius 2 is 1.92 bits per heavy atom. The lowest BCUT2D eigenvalue weighted by atomic mass is 10.1. The van der Waals surface area contributed by atoms with Gasteiger partial charge in [-0.2, -0.15) is 8.42 Å². The van der Waals surface area contributed by atoms with Crippen LogP contribution in [0.4, 0.5) is 5.69 Å². The highest BCUT2D eigenvalue weighted by Crippen LogP contribution is 2.20. The molecule has 0 saturated carbocycles. The zero-order valence-electron chi connectivity index (χ0n) is 14.4. The molecular weight excluding hydrogens is 346 g/mol. The number of esters is 1. The number of methoxy groups -OCH3 is 1. The van der Waals surface area contributed by atoms with Gasteiger partial charge in [0.25, 0.3) is 0 Å². The van der Waals surface area contributed by atoms with Crippen molar-refractivity contribution < 1.29 is 22.7 Å². The van der Waals surface area contributed by atoms with Crippen LogP contribution in [0.5, 0.6) is 0 Å². The van der Waals surface area contributed by atoms with Crippen molar-refractivity contribution in [2.24, 2.45) is 4.40 Å². The monoisotopic (exact) mass is 365 g/mol. The molecule has 0 atom stereocenters. The summed E-state index contributed by atoms with van der Waals surface area (Å²) < 4.78 is 33.1. The van der Waals surface area contributed by atoms with E-state index in [0.717, 1.165) is 17.3 Å². The maximum atomic E-state index is 12.2. The molecule has 0 aliphatic carbocycles. The molecule has 9 heteroatoms. The molecule has 0 saturated heterocycles. The van der Waals surface area contributed by atoms with Crippen molar-refractivity contribution >= 4 is 33.5 Å². The van der Waals surface area contributed by atoms with Crippen molar-refractivity contribution in [2.75, 3.05) is 19.0 Å². The number of rotatable bonds is 4. The fourth-order valence-corrected chi connectivity index (χ4v) is 3.30. The Hall–Kier alpha value is -2.68. The van der Waals surface area contributed by atoms with Gasteiger partial charge in [-0.05, 0) is 38.0 Å². The SMILES string of the molecule is COC(=O)C1=CN(CC(=O)Nc2cccc(C)c2C)S(=O)(=O)N=C1C. The van der Waals surface area contributed by atoms with E-state index in [4.69, 9.17) is 0 Å². The number of benzene rings is 1. The largest absolute Gasteiger partial charge is 0.465 e. The first-order chi connectivity index (χ1) is 11.7. The minimum absolute atomic E-state index is 0.0121. The molecule has 0 bridgehead atoms. The van der Waals surface area contributed by atoms with Gasteiger partial charge >= 0.3 is 16.2 Å². The summed E-state index contributed by atoms with van der Waals surface area (Å²) in [5.41, 5.74) is 2.47. The second kappa shape index (κ2) is 7.06. The lowest BCUT2D eigenvalue weighted by Crippen LogP contribution is -2.37. The van der Waals surface area contributed by atoms with Gasteiger partial charge in [-0.1, -0.05) is 12.1 Å². The second-order valence-corrected chi connectivity index (χ2v) is 7.08. The zero-order valence-corrected chi connectivity index (χ0v) is 15.2. The highest BCUT2D eigenvalue weighted by Gasteiger charge is 2.30. The van der Waals surface area contributed by atoms with E-state index in [2.05, 4.69) is 14.5 Å². The van der Waals surface area contributed by atoms with Crippen LogP contribution in [0.25, 0.3) is 0 Å². The van der Waals surface area contributed by atoms with Crippen LogP contribution in [0, 0.1) is 13.8 Å². The lowest BCUT2D eigenvalue weighted by Gasteiger charge is -2.22. The number of carbonyl (C=O) groups is 2. The Bertz CT molecular complexity index is 887. The number of hydrogen-bond acceptors (Lipinski definition) is 5. The third kappa shape index (κ3) is 4.05. The van der Waals surface area contributed by atoms with Gasteiger partial charge in [-0.25, -0.2) is 9.10 Å². The summed E-state index contributed by atoms with van der Waals surface area (Å²) in [5, 5.41) is 2.67. The zero-order chi connectivity index (χ0) is 18.8. The van der Waals surface area contributed by atoms with Crippen LogP contribution in [0.3, 0.4) is 0 Å². The molecule has 1 aromatic carbocycles. The van der Waals surface area contributed by atoms with Gasteiger partial charge in [0.15, 0.2) is 0 Å². The van der Waals surface area contributed by atoms with Gasteiger partial charge in [0.05, 0.1) is 18.4 Å². The first kappa shape index (κ1) is 18.7. The second-order valence-electron chi connectivity index (χ2n) is 5.53. The molecule has 25 heavy (non-hydrogen) atoms. The minimum atomic E-state index is -4.08. The van der Waals surface area contributed by atoms with Crippen molar-refractivity contribution in [3.05, 3.63) is 41.1 Å². The van der Waals surface area contributed by atoms with Gasteiger partial charge in [-0.15, -0.1) is 4.40 Å². The van der Waals surface area contributed by atoms with Gasteiger partial charge < -0.3 is 10.1 Å². The van der Waals surface area contributed by atoms with E-state index in [1.54, 1.807) is 12.1 Å². The Morgan fingerprint density at radius 1 is 1.24 bits per heavy atom. The Kier molecular flexibility index (Phi) is 5.27. The van der Waals surface area contributed by atoms with Gasteiger partial charge in [0, 0.05) is 11.9 Å². The van der Waals surface area contributed by atoms with Crippen molar-refractivity contribution in [3.8, 4) is 0 Å². The van der Waals surface area contributed by atoms with E-state index in [-0.39, 0.29) is 11.3 Å². The molecule has 0 radical (unpaired) electrons. The van der Waals surface area contributed by atoms with Crippen LogP contribution in [-0.2, 0) is 24.5 Å². The van der Waals surface area contributed by atoms with E-state index >= 15 is 0 Å². The molecule has 1 heterocycles. The van der Waals surface area contributed by atoms with Crippen molar-refractivity contribution in [1.82, 2.24) is 4.31 Å². The first-order valence-electron chi connectivity index (χ1n) is 7.40. The predicted molar refractivity (Wildman–Crippen MR) is 93.4 cm³/mol. The molecule has 0 fully saturated rings. The predicted octanol–water partition coefficient (Wildman–Crippen LogP) is 1.32. The Morgan fingerprint density at radius 3 is 2.56 bits per heavy atom. The van der Waals surface area contributed by atoms with Crippen LogP contribution < -0.4 is 5.32 Å². The Labute approximate surface area is 146 Å². The highest BCUT2D eigenvalue weighted by molar-refractivity contribution is 7.88. The number of nitrogens with one attached hydrogen (secondary N) is 1. The van der Waals surface area contributed by atoms with Crippen LogP contribution in [0.2, 0.25) is 0 Å². The van der Waals surface area contributed by atoms with Crippen LogP contribution in [0.15, 0.2) is 34.4 Å². The maximum absolute atomic E-state index is 12.2. The molecule has 1 aliphatic heterocycles. The van der Waals surface area contributed by atoms with E-state index in [9.17, 15) is 18.0 Å². The van der Waals surface area contributed by atoms with E-state index in [1.165, 1.54) is 14.0 Å². The Balaban J connectivity index is 2.22. The molecule has 1 aliphatic rings. The highest BCUT2D eigenvalue weighted by atomic mass is 32.2. The number of nitrogens with zero attached hydrogens (tertiary/aromatic N) is 2. The number of amides is 1. The number of carbonyl (C=O) groups excluding carboxylic acids is 2. The molecule has 2 rings (SSSR count). The molecule has 8 nitrogen and oxygen atoms in total. The van der Waals surface area contributed by atoms with Gasteiger partial charge in [0.1, 0.15) is 6.54 Å². The minimum Gasteiger partial charge on any atom is -0.465 e. The van der Waals surface area contributed by atoms with E-state index < -0.39 is 28.6 Å². The van der Waals surface area contributed by atoms with Gasteiger partial charge in [-0.3, -0.25) is 4.79 Å². The summed E-state index contributed by atoms with van der Waals surface area (Å²) in [6, 6.07) is 5.42. The fraction of sp³-hybridized carbons (Fsp3) is 0.312. The molecular formula is C16H19N3O5S. The number of hydrogen-bond donors (Lipinski definition) is 1. The van der Waals surface area contributed by atoms with Crippen molar-refractivity contribution in [1.29, 1.82) is 0 Å². The summed E-state index contributed by atoms with van der Waals surface area (Å²) >= 11 is 0. The lowest BCUT2D eigenvalue weighted by molar-refractivity contribution is -0.135. The quantitative estimate of drug-likeness (QED) is 0.810. The number of anilines is 1. The molecule has 1 N–H and O–H groups in total. The molecule has 0 spiro atoms. The molecule has 1 amide bonds. The van der Waals surface area contributed by atoms with Crippen molar-refractivity contribution in [3.63, 3.8) is 0 Å². The molecule has 0 unspecified atom stereocenters. The summed E-state index contributed by atoms with van der Waals surface area (Å²) in [5.74, 6) is -1.27. The van der Waals surface area contributed by atoms with Crippen LogP contribution >= 0.6 is 0 Å². The van der Waals surface area contributed by atoms with Crippen LogP contribution in [-0.4, -0.2) is 44.0 Å². The molecule has 1 aromatic rings. The molecule has 134 valence electrons. The standard InChI is InChI=1S/C16H19N3O5S/c1-10-6-5-7-14(11(10)2)17-15(20)9-19-8-13(16(21)24-4)12(3)18-25(19,22)23/h5-8H,9H2,1-4H3,(H,17,20). The molecule has 0 aromatic heterocycles. The fourth-order valence-electron chi connectivity index (χ4n) is 2.23. The summed E-state index contributed by atoms with van der Waals surface area (Å²) in [4.78, 5) is 23.9.